The second-order valence-corrected chi connectivity index (χ2v) is 7.98. The van der Waals surface area contributed by atoms with E-state index in [0.717, 1.165) is 16.7 Å². The third-order valence-corrected chi connectivity index (χ3v) is 5.48. The van der Waals surface area contributed by atoms with E-state index in [1.807, 2.05) is 91.0 Å². The van der Waals surface area contributed by atoms with Gasteiger partial charge in [-0.2, -0.15) is 0 Å². The summed E-state index contributed by atoms with van der Waals surface area (Å²) in [5.74, 6) is 0. The van der Waals surface area contributed by atoms with Gasteiger partial charge in [0.1, 0.15) is 6.10 Å². The Bertz CT molecular complexity index is 903. The molecule has 0 spiro atoms. The van der Waals surface area contributed by atoms with Crippen molar-refractivity contribution in [3.8, 4) is 0 Å². The van der Waals surface area contributed by atoms with Crippen molar-refractivity contribution in [2.24, 2.45) is 0 Å². The third kappa shape index (κ3) is 6.73. The lowest BCUT2D eigenvalue weighted by Crippen LogP contribution is -2.51. The van der Waals surface area contributed by atoms with E-state index in [2.05, 4.69) is 0 Å². The van der Waals surface area contributed by atoms with Crippen molar-refractivity contribution in [1.29, 1.82) is 0 Å². The van der Waals surface area contributed by atoms with Gasteiger partial charge in [0, 0.05) is 6.42 Å². The summed E-state index contributed by atoms with van der Waals surface area (Å²) in [6.07, 6.45) is -1.67. The minimum atomic E-state index is -1.08. The monoisotopic (exact) mass is 434 g/mol. The van der Waals surface area contributed by atoms with Crippen LogP contribution in [-0.4, -0.2) is 36.3 Å². The maximum atomic E-state index is 10.7. The van der Waals surface area contributed by atoms with Crippen LogP contribution >= 0.6 is 0 Å². The highest BCUT2D eigenvalue weighted by Gasteiger charge is 2.39. The molecular formula is C27H30O5. The second kappa shape index (κ2) is 11.9. The largest absolute Gasteiger partial charge is 0.374 e. The smallest absolute Gasteiger partial charge is 0.184 e. The molecule has 1 N–H and O–H groups in total. The molecule has 0 saturated carbocycles. The Morgan fingerprint density at radius 2 is 1.19 bits per heavy atom. The van der Waals surface area contributed by atoms with Gasteiger partial charge in [0.25, 0.3) is 0 Å². The first-order valence-corrected chi connectivity index (χ1v) is 11.0. The van der Waals surface area contributed by atoms with Gasteiger partial charge in [-0.15, -0.1) is 0 Å². The molecule has 1 aliphatic rings. The Kier molecular flexibility index (Phi) is 8.42. The van der Waals surface area contributed by atoms with Crippen LogP contribution in [-0.2, 0) is 38.8 Å². The zero-order valence-electron chi connectivity index (χ0n) is 18.1. The van der Waals surface area contributed by atoms with Crippen molar-refractivity contribution < 1.29 is 24.1 Å². The van der Waals surface area contributed by atoms with E-state index in [9.17, 15) is 5.11 Å². The molecule has 1 saturated heterocycles. The summed E-state index contributed by atoms with van der Waals surface area (Å²) in [6.45, 7) is 1.70. The summed E-state index contributed by atoms with van der Waals surface area (Å²) in [7, 11) is 0. The third-order valence-electron chi connectivity index (χ3n) is 5.48. The molecular weight excluding hydrogens is 404 g/mol. The van der Waals surface area contributed by atoms with Crippen molar-refractivity contribution in [2.45, 2.75) is 50.8 Å². The maximum absolute atomic E-state index is 10.7. The van der Waals surface area contributed by atoms with Gasteiger partial charge in [0.2, 0.25) is 0 Å². The maximum Gasteiger partial charge on any atom is 0.184 e. The van der Waals surface area contributed by atoms with Gasteiger partial charge in [-0.3, -0.25) is 0 Å². The SMILES string of the molecule is O[C@H]1O[C@H](COCc2ccccc2)C[C@H](OCc2ccccc2)[C@@H]1OCc1ccccc1. The molecule has 5 heteroatoms. The molecule has 0 amide bonds. The summed E-state index contributed by atoms with van der Waals surface area (Å²) < 4.78 is 24.0. The first-order valence-electron chi connectivity index (χ1n) is 11.0. The standard InChI is InChI=1S/C27H30O5/c28-27-26(31-19-23-14-8-3-9-15-23)25(30-18-22-12-6-2-7-13-22)16-24(32-27)20-29-17-21-10-4-1-5-11-21/h1-15,24-28H,16-20H2/t24-,25-,26-,27-/m0/s1. The lowest BCUT2D eigenvalue weighted by atomic mass is 10.0. The summed E-state index contributed by atoms with van der Waals surface area (Å²) in [4.78, 5) is 0. The van der Waals surface area contributed by atoms with E-state index < -0.39 is 12.4 Å². The van der Waals surface area contributed by atoms with Crippen LogP contribution in [0.1, 0.15) is 23.1 Å². The molecule has 0 aliphatic carbocycles. The van der Waals surface area contributed by atoms with Gasteiger partial charge in [0.15, 0.2) is 6.29 Å². The Balaban J connectivity index is 1.36. The highest BCUT2D eigenvalue weighted by atomic mass is 16.7. The predicted molar refractivity (Wildman–Crippen MR) is 122 cm³/mol. The molecule has 1 aliphatic heterocycles. The molecule has 0 aromatic heterocycles. The molecule has 0 bridgehead atoms. The highest BCUT2D eigenvalue weighted by molar-refractivity contribution is 5.15. The van der Waals surface area contributed by atoms with Gasteiger partial charge in [-0.05, 0) is 16.7 Å². The lowest BCUT2D eigenvalue weighted by Gasteiger charge is -2.39. The van der Waals surface area contributed by atoms with E-state index in [4.69, 9.17) is 18.9 Å². The highest BCUT2D eigenvalue weighted by Crippen LogP contribution is 2.26. The fourth-order valence-corrected chi connectivity index (χ4v) is 3.79. The minimum Gasteiger partial charge on any atom is -0.374 e. The first-order chi connectivity index (χ1) is 15.8. The van der Waals surface area contributed by atoms with Gasteiger partial charge >= 0.3 is 0 Å². The average Bonchev–Trinajstić information content (AvgIpc) is 2.84. The number of benzene rings is 3. The van der Waals surface area contributed by atoms with E-state index in [1.165, 1.54) is 0 Å². The molecule has 168 valence electrons. The van der Waals surface area contributed by atoms with Gasteiger partial charge in [-0.1, -0.05) is 91.0 Å². The van der Waals surface area contributed by atoms with E-state index in [0.29, 0.717) is 32.8 Å². The average molecular weight is 435 g/mol. The molecule has 1 heterocycles. The van der Waals surface area contributed by atoms with Crippen LogP contribution < -0.4 is 0 Å². The van der Waals surface area contributed by atoms with Gasteiger partial charge in [-0.25, -0.2) is 0 Å². The van der Waals surface area contributed by atoms with E-state index in [-0.39, 0.29) is 12.2 Å². The molecule has 5 nitrogen and oxygen atoms in total. The summed E-state index contributed by atoms with van der Waals surface area (Å²) in [5, 5.41) is 10.7. The van der Waals surface area contributed by atoms with Crippen molar-refractivity contribution in [2.75, 3.05) is 6.61 Å². The fraction of sp³-hybridized carbons (Fsp3) is 0.333. The number of aliphatic hydroxyl groups excluding tert-OH is 1. The van der Waals surface area contributed by atoms with E-state index in [1.54, 1.807) is 0 Å². The van der Waals surface area contributed by atoms with Crippen LogP contribution in [0.5, 0.6) is 0 Å². The Labute approximate surface area is 189 Å². The lowest BCUT2D eigenvalue weighted by molar-refractivity contribution is -0.277. The van der Waals surface area contributed by atoms with Crippen molar-refractivity contribution in [3.05, 3.63) is 108 Å². The zero-order valence-corrected chi connectivity index (χ0v) is 18.1. The molecule has 3 aromatic carbocycles. The molecule has 0 unspecified atom stereocenters. The molecule has 3 aromatic rings. The summed E-state index contributed by atoms with van der Waals surface area (Å²) in [5.41, 5.74) is 3.21. The Morgan fingerprint density at radius 1 is 0.688 bits per heavy atom. The zero-order chi connectivity index (χ0) is 22.0. The predicted octanol–water partition coefficient (Wildman–Crippen LogP) is 4.48. The number of aliphatic hydroxyl groups is 1. The fourth-order valence-electron chi connectivity index (χ4n) is 3.79. The van der Waals surface area contributed by atoms with Gasteiger partial charge < -0.3 is 24.1 Å². The number of hydrogen-bond donors (Lipinski definition) is 1. The van der Waals surface area contributed by atoms with Crippen LogP contribution in [0.2, 0.25) is 0 Å². The summed E-state index contributed by atoms with van der Waals surface area (Å²) in [6, 6.07) is 29.9. The van der Waals surface area contributed by atoms with Crippen LogP contribution in [0.15, 0.2) is 91.0 Å². The number of hydrogen-bond acceptors (Lipinski definition) is 5. The van der Waals surface area contributed by atoms with Crippen LogP contribution in [0.25, 0.3) is 0 Å². The second-order valence-electron chi connectivity index (χ2n) is 7.98. The summed E-state index contributed by atoms with van der Waals surface area (Å²) >= 11 is 0. The van der Waals surface area contributed by atoms with Crippen LogP contribution in [0, 0.1) is 0 Å². The molecule has 4 atom stereocenters. The van der Waals surface area contributed by atoms with Crippen molar-refractivity contribution in [1.82, 2.24) is 0 Å². The topological polar surface area (TPSA) is 57.2 Å². The molecule has 1 fully saturated rings. The first kappa shape index (κ1) is 22.6. The minimum absolute atomic E-state index is 0.272. The molecule has 4 rings (SSSR count). The number of ether oxygens (including phenoxy) is 4. The molecule has 0 radical (unpaired) electrons. The van der Waals surface area contributed by atoms with Crippen molar-refractivity contribution >= 4 is 0 Å². The van der Waals surface area contributed by atoms with E-state index >= 15 is 0 Å². The van der Waals surface area contributed by atoms with Crippen LogP contribution in [0.3, 0.4) is 0 Å². The molecule has 32 heavy (non-hydrogen) atoms. The number of rotatable bonds is 10. The van der Waals surface area contributed by atoms with Crippen LogP contribution in [0.4, 0.5) is 0 Å². The Hall–Kier alpha value is -2.54. The Morgan fingerprint density at radius 3 is 1.75 bits per heavy atom. The van der Waals surface area contributed by atoms with Gasteiger partial charge in [0.05, 0.1) is 38.6 Å². The quantitative estimate of drug-likeness (QED) is 0.510. The van der Waals surface area contributed by atoms with Crippen molar-refractivity contribution in [3.63, 3.8) is 0 Å². The normalized spacial score (nSPS) is 23.2.